The van der Waals surface area contributed by atoms with E-state index < -0.39 is 10.9 Å². The Morgan fingerprint density at radius 1 is 1.39 bits per heavy atom. The van der Waals surface area contributed by atoms with E-state index in [9.17, 15) is 10.1 Å². The molecule has 1 aliphatic carbocycles. The fraction of sp³-hybridized carbons (Fsp3) is 0.286. The van der Waals surface area contributed by atoms with Gasteiger partial charge in [-0.15, -0.1) is 11.6 Å². The summed E-state index contributed by atoms with van der Waals surface area (Å²) in [4.78, 5) is 9.92. The molecule has 0 aliphatic heterocycles. The number of rotatable bonds is 3. The van der Waals surface area contributed by atoms with Crippen LogP contribution in [0.4, 0.5) is 0 Å². The summed E-state index contributed by atoms with van der Waals surface area (Å²) in [6.07, 6.45) is 5.78. The van der Waals surface area contributed by atoms with Crippen LogP contribution in [-0.4, -0.2) is 15.8 Å². The van der Waals surface area contributed by atoms with E-state index in [0.29, 0.717) is 6.42 Å². The van der Waals surface area contributed by atoms with Gasteiger partial charge in [0, 0.05) is 4.92 Å². The highest BCUT2D eigenvalue weighted by Crippen LogP contribution is 2.35. The van der Waals surface area contributed by atoms with Gasteiger partial charge in [0.2, 0.25) is 0 Å². The van der Waals surface area contributed by atoms with Gasteiger partial charge in [-0.25, -0.2) is 0 Å². The lowest BCUT2D eigenvalue weighted by Crippen LogP contribution is -2.40. The van der Waals surface area contributed by atoms with Gasteiger partial charge in [0.05, 0.1) is 0 Å². The lowest BCUT2D eigenvalue weighted by Gasteiger charge is -2.27. The summed E-state index contributed by atoms with van der Waals surface area (Å²) in [7, 11) is 0. The molecule has 4 heteroatoms. The highest BCUT2D eigenvalue weighted by Gasteiger charge is 2.42. The van der Waals surface area contributed by atoms with Crippen molar-refractivity contribution in [3.05, 3.63) is 64.2 Å². The van der Waals surface area contributed by atoms with Crippen LogP contribution in [0.25, 0.3) is 5.57 Å². The third kappa shape index (κ3) is 2.31. The van der Waals surface area contributed by atoms with E-state index >= 15 is 0 Å². The topological polar surface area (TPSA) is 43.1 Å². The maximum absolute atomic E-state index is 11.1. The van der Waals surface area contributed by atoms with E-state index in [-0.39, 0.29) is 4.92 Å². The molecule has 18 heavy (non-hydrogen) atoms. The number of alkyl halides is 1. The molecule has 1 aliphatic rings. The first kappa shape index (κ1) is 12.8. The Morgan fingerprint density at radius 2 is 2.06 bits per heavy atom. The van der Waals surface area contributed by atoms with E-state index in [4.69, 9.17) is 11.6 Å². The summed E-state index contributed by atoms with van der Waals surface area (Å²) in [5.41, 5.74) is 1.82. The van der Waals surface area contributed by atoms with E-state index in [1.54, 1.807) is 12.2 Å². The lowest BCUT2D eigenvalue weighted by atomic mass is 9.87. The molecule has 0 N–H and O–H groups in total. The molecule has 0 radical (unpaired) electrons. The number of benzene rings is 1. The van der Waals surface area contributed by atoms with Crippen LogP contribution in [0.3, 0.4) is 0 Å². The minimum absolute atomic E-state index is 0.317. The third-order valence-electron chi connectivity index (χ3n) is 3.25. The number of halogens is 1. The maximum atomic E-state index is 11.1. The highest BCUT2D eigenvalue weighted by molar-refractivity contribution is 6.26. The van der Waals surface area contributed by atoms with Crippen molar-refractivity contribution in [3.63, 3.8) is 0 Å². The SMILES string of the molecule is CCC1(Cl)C=CC(c2ccccc2)=CC1[N+](=O)[O-]. The Morgan fingerprint density at radius 3 is 2.61 bits per heavy atom. The summed E-state index contributed by atoms with van der Waals surface area (Å²) in [6, 6.07) is 8.71. The molecule has 0 saturated carbocycles. The van der Waals surface area contributed by atoms with Crippen LogP contribution < -0.4 is 0 Å². The summed E-state index contributed by atoms with van der Waals surface area (Å²) in [5.74, 6) is 0. The molecule has 1 aromatic carbocycles. The van der Waals surface area contributed by atoms with Crippen molar-refractivity contribution in [2.24, 2.45) is 0 Å². The fourth-order valence-corrected chi connectivity index (χ4v) is 2.28. The molecule has 0 heterocycles. The van der Waals surface area contributed by atoms with Crippen LogP contribution >= 0.6 is 11.6 Å². The van der Waals surface area contributed by atoms with Crippen molar-refractivity contribution in [2.45, 2.75) is 24.3 Å². The van der Waals surface area contributed by atoms with E-state index in [1.807, 2.05) is 43.3 Å². The second kappa shape index (κ2) is 4.94. The fourth-order valence-electron chi connectivity index (χ4n) is 2.08. The summed E-state index contributed by atoms with van der Waals surface area (Å²) in [6.45, 7) is 1.86. The van der Waals surface area contributed by atoms with Gasteiger partial charge in [-0.1, -0.05) is 49.4 Å². The molecule has 2 unspecified atom stereocenters. The van der Waals surface area contributed by atoms with E-state index in [2.05, 4.69) is 0 Å². The van der Waals surface area contributed by atoms with E-state index in [1.165, 1.54) is 0 Å². The van der Waals surface area contributed by atoms with Gasteiger partial charge in [-0.2, -0.15) is 0 Å². The largest absolute Gasteiger partial charge is 0.264 e. The Labute approximate surface area is 111 Å². The number of hydrogen-bond donors (Lipinski definition) is 0. The Bertz CT molecular complexity index is 510. The van der Waals surface area contributed by atoms with Crippen molar-refractivity contribution in [2.75, 3.05) is 0 Å². The smallest absolute Gasteiger partial charge is 0.254 e. The average molecular weight is 264 g/mol. The normalized spacial score (nSPS) is 26.8. The van der Waals surface area contributed by atoms with Gasteiger partial charge in [0.1, 0.15) is 4.87 Å². The summed E-state index contributed by atoms with van der Waals surface area (Å²) >= 11 is 6.30. The molecule has 0 spiro atoms. The standard InChI is InChI=1S/C14H14ClNO2/c1-2-14(15)9-8-12(10-13(14)16(17)18)11-6-4-3-5-7-11/h3-10,13H,2H2,1H3. The number of allylic oxidation sites excluding steroid dienone is 2. The Hall–Kier alpha value is -1.61. The minimum Gasteiger partial charge on any atom is -0.264 e. The van der Waals surface area contributed by atoms with Gasteiger partial charge in [0.25, 0.3) is 6.04 Å². The summed E-state index contributed by atoms with van der Waals surface area (Å²) in [5, 5.41) is 11.1. The van der Waals surface area contributed by atoms with Gasteiger partial charge < -0.3 is 0 Å². The Kier molecular flexibility index (Phi) is 3.53. The molecular weight excluding hydrogens is 250 g/mol. The number of hydrogen-bond acceptors (Lipinski definition) is 2. The second-order valence-electron chi connectivity index (χ2n) is 4.33. The third-order valence-corrected chi connectivity index (χ3v) is 3.86. The van der Waals surface area contributed by atoms with Crippen LogP contribution in [0.15, 0.2) is 48.6 Å². The zero-order valence-electron chi connectivity index (χ0n) is 10.0. The van der Waals surface area contributed by atoms with E-state index in [0.717, 1.165) is 11.1 Å². The molecule has 0 fully saturated rings. The van der Waals surface area contributed by atoms with Gasteiger partial charge in [-0.05, 0) is 23.6 Å². The zero-order chi connectivity index (χ0) is 13.2. The molecule has 94 valence electrons. The average Bonchev–Trinajstić information content (AvgIpc) is 2.40. The zero-order valence-corrected chi connectivity index (χ0v) is 10.8. The molecule has 1 aromatic rings. The molecule has 0 bridgehead atoms. The van der Waals surface area contributed by atoms with Crippen LogP contribution in [0.2, 0.25) is 0 Å². The summed E-state index contributed by atoms with van der Waals surface area (Å²) < 4.78 is 0. The van der Waals surface area contributed by atoms with Crippen molar-refractivity contribution in [1.82, 2.24) is 0 Å². The van der Waals surface area contributed by atoms with Gasteiger partial charge in [0.15, 0.2) is 0 Å². The van der Waals surface area contributed by atoms with Gasteiger partial charge in [-0.3, -0.25) is 10.1 Å². The first-order valence-corrected chi connectivity index (χ1v) is 6.23. The first-order valence-electron chi connectivity index (χ1n) is 5.86. The molecule has 2 atom stereocenters. The molecule has 0 amide bonds. The van der Waals surface area contributed by atoms with Crippen LogP contribution in [0, 0.1) is 10.1 Å². The van der Waals surface area contributed by atoms with Gasteiger partial charge >= 0.3 is 0 Å². The lowest BCUT2D eigenvalue weighted by molar-refractivity contribution is -0.513. The highest BCUT2D eigenvalue weighted by atomic mass is 35.5. The predicted octanol–water partition coefficient (Wildman–Crippen LogP) is 3.67. The Balaban J connectivity index is 2.40. The molecule has 0 aromatic heterocycles. The van der Waals surface area contributed by atoms with Crippen LogP contribution in [0.5, 0.6) is 0 Å². The monoisotopic (exact) mass is 263 g/mol. The number of nitro groups is 1. The van der Waals surface area contributed by atoms with Crippen LogP contribution in [-0.2, 0) is 0 Å². The first-order chi connectivity index (χ1) is 8.57. The quantitative estimate of drug-likeness (QED) is 0.474. The van der Waals surface area contributed by atoms with Crippen molar-refractivity contribution < 1.29 is 4.92 Å². The van der Waals surface area contributed by atoms with Crippen molar-refractivity contribution >= 4 is 17.2 Å². The predicted molar refractivity (Wildman–Crippen MR) is 73.2 cm³/mol. The molecular formula is C14H14ClNO2. The molecule has 2 rings (SSSR count). The molecule has 3 nitrogen and oxygen atoms in total. The number of nitrogens with zero attached hydrogens (tertiary/aromatic N) is 1. The van der Waals surface area contributed by atoms with Crippen LogP contribution in [0.1, 0.15) is 18.9 Å². The second-order valence-corrected chi connectivity index (χ2v) is 5.04. The van der Waals surface area contributed by atoms with Crippen molar-refractivity contribution in [1.29, 1.82) is 0 Å². The minimum atomic E-state index is -0.915. The molecule has 0 saturated heterocycles. The maximum Gasteiger partial charge on any atom is 0.254 e. The van der Waals surface area contributed by atoms with Crippen molar-refractivity contribution in [3.8, 4) is 0 Å².